The van der Waals surface area contributed by atoms with Crippen LogP contribution >= 0.6 is 0 Å². The highest BCUT2D eigenvalue weighted by Crippen LogP contribution is 2.21. The van der Waals surface area contributed by atoms with Crippen molar-refractivity contribution in [1.29, 1.82) is 0 Å². The van der Waals surface area contributed by atoms with E-state index in [9.17, 15) is 4.79 Å². The number of carbonyl (C=O) groups is 1. The SMILES string of the molecule is CN1Cc2ccccc2CC1C(=O)NCCc1nc2ccccc2[nH]1. The Morgan fingerprint density at radius 3 is 2.80 bits per heavy atom. The number of hydrogen-bond acceptors (Lipinski definition) is 3. The number of aromatic nitrogens is 2. The van der Waals surface area contributed by atoms with Gasteiger partial charge in [0, 0.05) is 19.5 Å². The van der Waals surface area contributed by atoms with Gasteiger partial charge < -0.3 is 10.3 Å². The first-order valence-electron chi connectivity index (χ1n) is 8.69. The van der Waals surface area contributed by atoms with Gasteiger partial charge in [-0.1, -0.05) is 36.4 Å². The Morgan fingerprint density at radius 2 is 1.96 bits per heavy atom. The number of aromatic amines is 1. The fraction of sp³-hybridized carbons (Fsp3) is 0.300. The van der Waals surface area contributed by atoms with Crippen LogP contribution < -0.4 is 5.32 Å². The van der Waals surface area contributed by atoms with E-state index in [-0.39, 0.29) is 11.9 Å². The third-order valence-corrected chi connectivity index (χ3v) is 4.89. The van der Waals surface area contributed by atoms with E-state index in [0.717, 1.165) is 29.8 Å². The molecule has 0 saturated carbocycles. The van der Waals surface area contributed by atoms with Gasteiger partial charge in [-0.3, -0.25) is 9.69 Å². The second-order valence-electron chi connectivity index (χ2n) is 6.65. The van der Waals surface area contributed by atoms with Crippen molar-refractivity contribution in [2.45, 2.75) is 25.4 Å². The van der Waals surface area contributed by atoms with Crippen LogP contribution in [0.4, 0.5) is 0 Å². The molecule has 5 heteroatoms. The van der Waals surface area contributed by atoms with E-state index in [1.54, 1.807) is 0 Å². The van der Waals surface area contributed by atoms with E-state index >= 15 is 0 Å². The predicted octanol–water partition coefficient (Wildman–Crippen LogP) is 2.28. The Hall–Kier alpha value is -2.66. The molecule has 2 aromatic carbocycles. The molecule has 2 N–H and O–H groups in total. The van der Waals surface area contributed by atoms with Gasteiger partial charge in [-0.2, -0.15) is 0 Å². The van der Waals surface area contributed by atoms with Crippen LogP contribution in [0.1, 0.15) is 17.0 Å². The van der Waals surface area contributed by atoms with Crippen LogP contribution in [0, 0.1) is 0 Å². The average molecular weight is 334 g/mol. The van der Waals surface area contributed by atoms with Gasteiger partial charge in [-0.15, -0.1) is 0 Å². The molecule has 1 unspecified atom stereocenters. The van der Waals surface area contributed by atoms with Crippen LogP contribution in [0.25, 0.3) is 11.0 Å². The lowest BCUT2D eigenvalue weighted by Gasteiger charge is -2.33. The van der Waals surface area contributed by atoms with E-state index in [1.807, 2.05) is 37.4 Å². The highest BCUT2D eigenvalue weighted by molar-refractivity contribution is 5.82. The molecule has 1 aromatic heterocycles. The molecule has 0 spiro atoms. The number of imidazole rings is 1. The summed E-state index contributed by atoms with van der Waals surface area (Å²) in [5.41, 5.74) is 4.59. The maximum atomic E-state index is 12.6. The van der Waals surface area contributed by atoms with Crippen LogP contribution in [0.3, 0.4) is 0 Å². The topological polar surface area (TPSA) is 61.0 Å². The van der Waals surface area contributed by atoms with Crippen LogP contribution in [-0.4, -0.2) is 40.4 Å². The number of likely N-dealkylation sites (N-methyl/N-ethyl adjacent to an activating group) is 1. The summed E-state index contributed by atoms with van der Waals surface area (Å²) >= 11 is 0. The lowest BCUT2D eigenvalue weighted by molar-refractivity contribution is -0.126. The Bertz CT molecular complexity index is 868. The maximum Gasteiger partial charge on any atom is 0.237 e. The van der Waals surface area contributed by atoms with E-state index in [0.29, 0.717) is 13.0 Å². The molecule has 4 rings (SSSR count). The molecule has 1 atom stereocenters. The monoisotopic (exact) mass is 334 g/mol. The Labute approximate surface area is 147 Å². The molecule has 0 fully saturated rings. The van der Waals surface area contributed by atoms with Crippen LogP contribution in [-0.2, 0) is 24.2 Å². The van der Waals surface area contributed by atoms with Crippen molar-refractivity contribution in [1.82, 2.24) is 20.2 Å². The summed E-state index contributed by atoms with van der Waals surface area (Å²) in [6, 6.07) is 16.2. The fourth-order valence-electron chi connectivity index (χ4n) is 3.49. The summed E-state index contributed by atoms with van der Waals surface area (Å²) in [5, 5.41) is 3.07. The first kappa shape index (κ1) is 15.8. The van der Waals surface area contributed by atoms with Crippen LogP contribution in [0.5, 0.6) is 0 Å². The number of rotatable bonds is 4. The minimum Gasteiger partial charge on any atom is -0.354 e. The van der Waals surface area contributed by atoms with Gasteiger partial charge in [0.2, 0.25) is 5.91 Å². The molecule has 3 aromatic rings. The summed E-state index contributed by atoms with van der Waals surface area (Å²) in [4.78, 5) is 22.6. The summed E-state index contributed by atoms with van der Waals surface area (Å²) in [7, 11) is 2.01. The molecule has 1 amide bonds. The molecular formula is C20H22N4O. The predicted molar refractivity (Wildman–Crippen MR) is 98.2 cm³/mol. The van der Waals surface area contributed by atoms with Gasteiger partial charge in [0.25, 0.3) is 0 Å². The molecule has 1 aliphatic heterocycles. The van der Waals surface area contributed by atoms with Crippen molar-refractivity contribution in [2.75, 3.05) is 13.6 Å². The molecule has 0 radical (unpaired) electrons. The summed E-state index contributed by atoms with van der Waals surface area (Å²) in [6.07, 6.45) is 1.47. The lowest BCUT2D eigenvalue weighted by atomic mass is 9.94. The van der Waals surface area contributed by atoms with Gasteiger partial charge in [0.1, 0.15) is 5.82 Å². The number of benzene rings is 2. The fourth-order valence-corrected chi connectivity index (χ4v) is 3.49. The van der Waals surface area contributed by atoms with Crippen molar-refractivity contribution < 1.29 is 4.79 Å². The second kappa shape index (κ2) is 6.69. The number of hydrogen-bond donors (Lipinski definition) is 2. The molecule has 1 aliphatic rings. The summed E-state index contributed by atoms with van der Waals surface area (Å²) < 4.78 is 0. The third kappa shape index (κ3) is 3.28. The molecular weight excluding hydrogens is 312 g/mol. The normalized spacial score (nSPS) is 17.4. The largest absolute Gasteiger partial charge is 0.354 e. The molecule has 128 valence electrons. The van der Waals surface area contributed by atoms with Crippen LogP contribution in [0.2, 0.25) is 0 Å². The van der Waals surface area contributed by atoms with Gasteiger partial charge in [-0.25, -0.2) is 4.98 Å². The van der Waals surface area contributed by atoms with Gasteiger partial charge in [0.15, 0.2) is 0 Å². The number of para-hydroxylation sites is 2. The molecule has 0 saturated heterocycles. The van der Waals surface area contributed by atoms with Crippen molar-refractivity contribution in [3.63, 3.8) is 0 Å². The number of H-pyrrole nitrogens is 1. The highest BCUT2D eigenvalue weighted by Gasteiger charge is 2.28. The zero-order valence-corrected chi connectivity index (χ0v) is 14.3. The first-order valence-corrected chi connectivity index (χ1v) is 8.69. The van der Waals surface area contributed by atoms with E-state index in [2.05, 4.69) is 38.4 Å². The molecule has 2 heterocycles. The van der Waals surface area contributed by atoms with Gasteiger partial charge in [0.05, 0.1) is 17.1 Å². The Kier molecular flexibility index (Phi) is 4.24. The van der Waals surface area contributed by atoms with Gasteiger partial charge >= 0.3 is 0 Å². The lowest BCUT2D eigenvalue weighted by Crippen LogP contribution is -2.48. The minimum absolute atomic E-state index is 0.0908. The smallest absolute Gasteiger partial charge is 0.237 e. The number of fused-ring (bicyclic) bond motifs is 2. The zero-order valence-electron chi connectivity index (χ0n) is 14.3. The average Bonchev–Trinajstić information content (AvgIpc) is 3.03. The molecule has 25 heavy (non-hydrogen) atoms. The second-order valence-corrected chi connectivity index (χ2v) is 6.65. The summed E-state index contributed by atoms with van der Waals surface area (Å²) in [6.45, 7) is 1.41. The number of nitrogens with one attached hydrogen (secondary N) is 2. The number of amides is 1. The van der Waals surface area contributed by atoms with Crippen molar-refractivity contribution in [3.05, 3.63) is 65.5 Å². The number of carbonyl (C=O) groups excluding carboxylic acids is 1. The van der Waals surface area contributed by atoms with Crippen molar-refractivity contribution in [3.8, 4) is 0 Å². The molecule has 0 aliphatic carbocycles. The summed E-state index contributed by atoms with van der Waals surface area (Å²) in [5.74, 6) is 0.997. The van der Waals surface area contributed by atoms with E-state index in [1.165, 1.54) is 11.1 Å². The van der Waals surface area contributed by atoms with Crippen molar-refractivity contribution >= 4 is 16.9 Å². The number of nitrogens with zero attached hydrogens (tertiary/aromatic N) is 2. The quantitative estimate of drug-likeness (QED) is 0.769. The molecule has 0 bridgehead atoms. The molecule has 5 nitrogen and oxygen atoms in total. The Morgan fingerprint density at radius 1 is 1.20 bits per heavy atom. The van der Waals surface area contributed by atoms with E-state index in [4.69, 9.17) is 0 Å². The highest BCUT2D eigenvalue weighted by atomic mass is 16.2. The maximum absolute atomic E-state index is 12.6. The third-order valence-electron chi connectivity index (χ3n) is 4.89. The van der Waals surface area contributed by atoms with Crippen molar-refractivity contribution in [2.24, 2.45) is 0 Å². The Balaban J connectivity index is 1.36. The first-order chi connectivity index (χ1) is 12.2. The van der Waals surface area contributed by atoms with Gasteiger partial charge in [-0.05, 0) is 36.7 Å². The minimum atomic E-state index is -0.106. The standard InChI is InChI=1S/C20H22N4O/c1-24-13-15-7-3-2-6-14(15)12-18(24)20(25)21-11-10-19-22-16-8-4-5-9-17(16)23-19/h2-9,18H,10-13H2,1H3,(H,21,25)(H,22,23). The van der Waals surface area contributed by atoms with Crippen LogP contribution in [0.15, 0.2) is 48.5 Å². The zero-order chi connectivity index (χ0) is 17.2. The van der Waals surface area contributed by atoms with E-state index < -0.39 is 0 Å².